The first-order valence-electron chi connectivity index (χ1n) is 15.9. The Morgan fingerprint density at radius 2 is 0.744 bits per heavy atom. The first-order valence-corrected chi connectivity index (χ1v) is 15.9. The van der Waals surface area contributed by atoms with Crippen molar-refractivity contribution in [3.63, 3.8) is 0 Å². The number of rotatable bonds is 12. The molecule has 39 heavy (non-hydrogen) atoms. The van der Waals surface area contributed by atoms with E-state index in [1.54, 1.807) is 6.92 Å². The summed E-state index contributed by atoms with van der Waals surface area (Å²) in [6.45, 7) is 39.3. The predicted octanol–water partition coefficient (Wildman–Crippen LogP) is 11.1. The Labute approximate surface area is 248 Å². The van der Waals surface area contributed by atoms with Gasteiger partial charge in [0.1, 0.15) is 0 Å². The minimum absolute atomic E-state index is 0.211. The van der Waals surface area contributed by atoms with Crippen LogP contribution in [0, 0.1) is 5.92 Å². The van der Waals surface area contributed by atoms with E-state index in [1.165, 1.54) is 45.4 Å². The van der Waals surface area contributed by atoms with Crippen molar-refractivity contribution in [2.24, 2.45) is 5.92 Å². The van der Waals surface area contributed by atoms with Gasteiger partial charge in [-0.1, -0.05) is 73.1 Å². The summed E-state index contributed by atoms with van der Waals surface area (Å²) in [6.07, 6.45) is 10.5. The monoisotopic (exact) mass is 567 g/mol. The zero-order valence-corrected chi connectivity index (χ0v) is 30.5. The highest BCUT2D eigenvalue weighted by Crippen LogP contribution is 2.00. The predicted molar refractivity (Wildman–Crippen MR) is 176 cm³/mol. The highest BCUT2D eigenvalue weighted by Gasteiger charge is 1.95. The van der Waals surface area contributed by atoms with Gasteiger partial charge in [0.15, 0.2) is 0 Å². The minimum atomic E-state index is -0.211. The van der Waals surface area contributed by atoms with Gasteiger partial charge in [-0.15, -0.1) is 0 Å². The molecule has 0 radical (unpaired) electrons. The largest absolute Gasteiger partial charge is 0.466 e. The minimum Gasteiger partial charge on any atom is -0.466 e. The van der Waals surface area contributed by atoms with Gasteiger partial charge in [0.25, 0.3) is 0 Å². The SMILES string of the molecule is CC(C)OC(C)C.CC(C)OC(C)C.CC(C)OC(C)C.CCCC(C)C.CCCCCC.CCOC(C)=O. The Kier molecular flexibility index (Phi) is 54.8. The molecule has 0 saturated heterocycles. The van der Waals surface area contributed by atoms with E-state index in [1.807, 2.05) is 83.1 Å². The molecule has 0 atom stereocenters. The van der Waals surface area contributed by atoms with Crippen LogP contribution in [0.5, 0.6) is 0 Å². The van der Waals surface area contributed by atoms with Crippen LogP contribution >= 0.6 is 0 Å². The van der Waals surface area contributed by atoms with Gasteiger partial charge in [-0.3, -0.25) is 4.79 Å². The normalized spacial score (nSPS) is 10.1. The van der Waals surface area contributed by atoms with Crippen LogP contribution in [0.3, 0.4) is 0 Å². The van der Waals surface area contributed by atoms with E-state index >= 15 is 0 Å². The summed E-state index contributed by atoms with van der Waals surface area (Å²) in [4.78, 5) is 9.82. The van der Waals surface area contributed by atoms with Gasteiger partial charge < -0.3 is 18.9 Å². The van der Waals surface area contributed by atoms with Crippen molar-refractivity contribution in [3.05, 3.63) is 0 Å². The quantitative estimate of drug-likeness (QED) is 0.174. The van der Waals surface area contributed by atoms with Crippen molar-refractivity contribution >= 4 is 5.97 Å². The van der Waals surface area contributed by atoms with Crippen molar-refractivity contribution in [1.29, 1.82) is 0 Å². The maximum Gasteiger partial charge on any atom is 0.302 e. The summed E-state index contributed by atoms with van der Waals surface area (Å²) >= 11 is 0. The zero-order chi connectivity index (χ0) is 32.4. The molecular formula is C34H78O5. The molecule has 0 aromatic heterocycles. The van der Waals surface area contributed by atoms with Crippen LogP contribution in [0.4, 0.5) is 0 Å². The van der Waals surface area contributed by atoms with Gasteiger partial charge in [-0.05, 0) is 95.9 Å². The Balaban J connectivity index is -0.0000000839. The second-order valence-corrected chi connectivity index (χ2v) is 11.5. The third-order valence-electron chi connectivity index (χ3n) is 3.80. The van der Waals surface area contributed by atoms with Crippen molar-refractivity contribution in [3.8, 4) is 0 Å². The van der Waals surface area contributed by atoms with Crippen LogP contribution in [-0.2, 0) is 23.7 Å². The summed E-state index contributed by atoms with van der Waals surface area (Å²) in [5, 5.41) is 0. The second kappa shape index (κ2) is 41.8. The zero-order valence-electron chi connectivity index (χ0n) is 30.5. The molecule has 0 aliphatic rings. The Morgan fingerprint density at radius 1 is 0.487 bits per heavy atom. The fourth-order valence-electron chi connectivity index (χ4n) is 2.91. The summed E-state index contributed by atoms with van der Waals surface area (Å²) in [7, 11) is 0. The third-order valence-corrected chi connectivity index (χ3v) is 3.80. The van der Waals surface area contributed by atoms with Gasteiger partial charge >= 0.3 is 5.97 Å². The molecule has 0 bridgehead atoms. The van der Waals surface area contributed by atoms with Crippen molar-refractivity contribution in [1.82, 2.24) is 0 Å². The topological polar surface area (TPSA) is 54.0 Å². The fraction of sp³-hybridized carbons (Fsp3) is 0.971. The molecule has 0 fully saturated rings. The molecule has 0 spiro atoms. The number of ether oxygens (including phenoxy) is 4. The first-order chi connectivity index (χ1) is 17.8. The molecule has 0 aliphatic heterocycles. The van der Waals surface area contributed by atoms with Crippen molar-refractivity contribution < 1.29 is 23.7 Å². The Hall–Kier alpha value is -0.650. The van der Waals surface area contributed by atoms with Crippen LogP contribution in [0.1, 0.15) is 170 Å². The molecule has 0 unspecified atom stereocenters. The maximum absolute atomic E-state index is 9.82. The molecule has 0 aromatic rings. The van der Waals surface area contributed by atoms with Crippen molar-refractivity contribution in [2.75, 3.05) is 6.61 Å². The molecule has 0 aromatic carbocycles. The molecule has 5 nitrogen and oxygen atoms in total. The maximum atomic E-state index is 9.82. The Bertz CT molecular complexity index is 347. The lowest BCUT2D eigenvalue weighted by molar-refractivity contribution is -0.140. The number of unbranched alkanes of at least 4 members (excludes halogenated alkanes) is 3. The third kappa shape index (κ3) is 113. The van der Waals surface area contributed by atoms with Crippen LogP contribution < -0.4 is 0 Å². The molecule has 0 heterocycles. The standard InChI is InChI=1S/3C6H14O.2C6H14.C4H8O2/c3*1-5(2)7-6(3)4;1-4-5-6(2)3;1-3-5-6-4-2;1-3-6-4(2)5/h3*5-6H,1-4H3;6H,4-5H2,1-3H3;3-6H2,1-2H3;3H2,1-2H3. The molecule has 0 N–H and O–H groups in total. The number of hydrogen-bond donors (Lipinski definition) is 0. The van der Waals surface area contributed by atoms with Gasteiger partial charge in [-0.25, -0.2) is 0 Å². The number of carbonyl (C=O) groups is 1. The van der Waals surface area contributed by atoms with E-state index in [0.29, 0.717) is 43.2 Å². The van der Waals surface area contributed by atoms with Crippen LogP contribution in [-0.4, -0.2) is 49.2 Å². The van der Waals surface area contributed by atoms with Gasteiger partial charge in [0, 0.05) is 6.92 Å². The molecule has 0 rings (SSSR count). The van der Waals surface area contributed by atoms with E-state index in [0.717, 1.165) is 5.92 Å². The van der Waals surface area contributed by atoms with Gasteiger partial charge in [0.05, 0.1) is 43.2 Å². The lowest BCUT2D eigenvalue weighted by Gasteiger charge is -2.09. The molecule has 0 saturated carbocycles. The average Bonchev–Trinajstić information content (AvgIpc) is 2.71. The average molecular weight is 567 g/mol. The van der Waals surface area contributed by atoms with Crippen LogP contribution in [0.15, 0.2) is 0 Å². The highest BCUT2D eigenvalue weighted by atomic mass is 16.5. The van der Waals surface area contributed by atoms with E-state index in [2.05, 4.69) is 39.4 Å². The lowest BCUT2D eigenvalue weighted by Crippen LogP contribution is -2.09. The summed E-state index contributed by atoms with van der Waals surface area (Å²) in [6, 6.07) is 0. The highest BCUT2D eigenvalue weighted by molar-refractivity contribution is 5.65. The number of esters is 1. The smallest absolute Gasteiger partial charge is 0.302 e. The van der Waals surface area contributed by atoms with E-state index < -0.39 is 0 Å². The summed E-state index contributed by atoms with van der Waals surface area (Å²) in [5.74, 6) is 0.688. The molecule has 244 valence electrons. The number of hydrogen-bond acceptors (Lipinski definition) is 5. The Morgan fingerprint density at radius 3 is 0.769 bits per heavy atom. The second-order valence-electron chi connectivity index (χ2n) is 11.5. The summed E-state index contributed by atoms with van der Waals surface area (Å²) in [5.41, 5.74) is 0. The van der Waals surface area contributed by atoms with Crippen molar-refractivity contribution in [2.45, 2.75) is 207 Å². The van der Waals surface area contributed by atoms with Gasteiger partial charge in [0.2, 0.25) is 0 Å². The fourth-order valence-corrected chi connectivity index (χ4v) is 2.91. The van der Waals surface area contributed by atoms with E-state index in [-0.39, 0.29) is 5.97 Å². The van der Waals surface area contributed by atoms with E-state index in [9.17, 15) is 4.79 Å². The molecule has 0 amide bonds. The summed E-state index contributed by atoms with van der Waals surface area (Å²) < 4.78 is 20.2. The first kappa shape index (κ1) is 51.1. The lowest BCUT2D eigenvalue weighted by atomic mass is 10.1. The van der Waals surface area contributed by atoms with Crippen LogP contribution in [0.25, 0.3) is 0 Å². The van der Waals surface area contributed by atoms with Gasteiger partial charge in [-0.2, -0.15) is 0 Å². The van der Waals surface area contributed by atoms with E-state index in [4.69, 9.17) is 14.2 Å². The number of carbonyl (C=O) groups excluding carboxylic acids is 1. The molecule has 5 heteroatoms. The molecular weight excluding hydrogens is 488 g/mol. The van der Waals surface area contributed by atoms with Crippen LogP contribution in [0.2, 0.25) is 0 Å². The molecule has 0 aliphatic carbocycles.